The molecular formula is C37H32O12. The normalized spacial score (nSPS) is 40.1. The fraction of sp³-hybridized carbons (Fsp3) is 0.459. The highest BCUT2D eigenvalue weighted by Crippen LogP contribution is 2.89. The summed E-state index contributed by atoms with van der Waals surface area (Å²) in [5.41, 5.74) is -3.59. The molecule has 0 amide bonds. The number of methoxy groups -OCH3 is 4. The largest absolute Gasteiger partial charge is 0.496 e. The Bertz CT molecular complexity index is 2060. The molecule has 12 heteroatoms. The average molecular weight is 669 g/mol. The van der Waals surface area contributed by atoms with Gasteiger partial charge in [-0.2, -0.15) is 0 Å². The molecule has 4 fully saturated rings. The van der Waals surface area contributed by atoms with E-state index in [1.807, 2.05) is 36.4 Å². The van der Waals surface area contributed by atoms with Gasteiger partial charge in [0.1, 0.15) is 47.2 Å². The molecule has 4 unspecified atom stereocenters. The quantitative estimate of drug-likeness (QED) is 0.243. The Balaban J connectivity index is 1.11. The number of esters is 4. The van der Waals surface area contributed by atoms with Gasteiger partial charge in [0, 0.05) is 21.9 Å². The Hall–Kier alpha value is -4.68. The lowest BCUT2D eigenvalue weighted by Gasteiger charge is -2.66. The second kappa shape index (κ2) is 9.10. The van der Waals surface area contributed by atoms with Crippen LogP contribution < -0.4 is 9.47 Å². The van der Waals surface area contributed by atoms with E-state index >= 15 is 4.79 Å². The lowest BCUT2D eigenvalue weighted by Crippen LogP contribution is -2.77. The van der Waals surface area contributed by atoms with Crippen LogP contribution in [-0.4, -0.2) is 88.9 Å². The number of fused-ring (bicyclic) bond motifs is 14. The number of hydrogen-bond acceptors (Lipinski definition) is 12. The molecule has 6 bridgehead atoms. The minimum absolute atomic E-state index is 0.00527. The molecule has 0 radical (unpaired) electrons. The van der Waals surface area contributed by atoms with Crippen LogP contribution >= 0.6 is 0 Å². The van der Waals surface area contributed by atoms with Gasteiger partial charge in [0.05, 0.1) is 45.7 Å². The van der Waals surface area contributed by atoms with Crippen LogP contribution in [0.4, 0.5) is 0 Å². The van der Waals surface area contributed by atoms with Crippen molar-refractivity contribution >= 4 is 34.6 Å². The molecular weight excluding hydrogens is 636 g/mol. The van der Waals surface area contributed by atoms with E-state index in [0.717, 1.165) is 33.4 Å². The van der Waals surface area contributed by atoms with E-state index in [-0.39, 0.29) is 41.4 Å². The Morgan fingerprint density at radius 2 is 1.53 bits per heavy atom. The van der Waals surface area contributed by atoms with E-state index in [0.29, 0.717) is 6.42 Å². The third-order valence-corrected chi connectivity index (χ3v) is 12.9. The SMILES string of the molecule is COC(=O)C1=C(C(=O)OC)C2(COC(=O)[C@@]34C5C=CC6(COC(=O)[C@]63[C@@H]3[C@H]4[C@@H]4C[C@H]3c3c4c(OC)c4ccccc4c3OC)O5)C=CC1O2. The molecule has 0 N–H and O–H groups in total. The Morgan fingerprint density at radius 1 is 0.857 bits per heavy atom. The van der Waals surface area contributed by atoms with Gasteiger partial charge in [0.15, 0.2) is 5.60 Å². The first-order valence-electron chi connectivity index (χ1n) is 16.4. The number of carbonyl (C=O) groups is 4. The van der Waals surface area contributed by atoms with E-state index in [9.17, 15) is 14.4 Å². The molecule has 49 heavy (non-hydrogen) atoms. The minimum Gasteiger partial charge on any atom is -0.496 e. The average Bonchev–Trinajstić information content (AvgIpc) is 3.98. The predicted octanol–water partition coefficient (Wildman–Crippen LogP) is 2.82. The van der Waals surface area contributed by atoms with Gasteiger partial charge < -0.3 is 37.9 Å². The van der Waals surface area contributed by atoms with Crippen LogP contribution in [0.5, 0.6) is 11.5 Å². The van der Waals surface area contributed by atoms with E-state index in [2.05, 4.69) is 0 Å². The van der Waals surface area contributed by atoms with Crippen LogP contribution in [0.2, 0.25) is 0 Å². The summed E-state index contributed by atoms with van der Waals surface area (Å²) in [7, 11) is 5.70. The third kappa shape index (κ3) is 2.81. The Kier molecular flexibility index (Phi) is 5.43. The Morgan fingerprint density at radius 3 is 2.18 bits per heavy atom. The summed E-state index contributed by atoms with van der Waals surface area (Å²) < 4.78 is 47.0. The first kappa shape index (κ1) is 29.3. The summed E-state index contributed by atoms with van der Waals surface area (Å²) in [6.45, 7) is -0.446. The maximum absolute atomic E-state index is 15.1. The van der Waals surface area contributed by atoms with Gasteiger partial charge in [-0.05, 0) is 42.2 Å². The molecule has 252 valence electrons. The molecule has 0 aromatic heterocycles. The van der Waals surface area contributed by atoms with E-state index in [1.165, 1.54) is 14.2 Å². The van der Waals surface area contributed by atoms with Crippen molar-refractivity contribution in [3.8, 4) is 11.5 Å². The summed E-state index contributed by atoms with van der Waals surface area (Å²) in [6, 6.07) is 7.91. The molecule has 3 aliphatic carbocycles. The highest BCUT2D eigenvalue weighted by Gasteiger charge is 2.98. The number of cyclic esters (lactones) is 1. The summed E-state index contributed by atoms with van der Waals surface area (Å²) in [4.78, 5) is 55.2. The summed E-state index contributed by atoms with van der Waals surface area (Å²) in [5, 5.41) is 1.82. The number of benzene rings is 2. The van der Waals surface area contributed by atoms with Crippen LogP contribution in [0.3, 0.4) is 0 Å². The highest BCUT2D eigenvalue weighted by atomic mass is 16.6. The third-order valence-electron chi connectivity index (χ3n) is 12.9. The zero-order chi connectivity index (χ0) is 33.8. The summed E-state index contributed by atoms with van der Waals surface area (Å²) in [5.74, 6) is -2.15. The first-order chi connectivity index (χ1) is 23.7. The number of hydrogen-bond donors (Lipinski definition) is 0. The van der Waals surface area contributed by atoms with Crippen molar-refractivity contribution in [2.45, 2.75) is 41.7 Å². The smallest absolute Gasteiger partial charge is 0.337 e. The summed E-state index contributed by atoms with van der Waals surface area (Å²) >= 11 is 0. The fourth-order valence-corrected chi connectivity index (χ4v) is 11.7. The van der Waals surface area contributed by atoms with Crippen molar-refractivity contribution in [1.82, 2.24) is 0 Å². The van der Waals surface area contributed by atoms with Gasteiger partial charge in [-0.15, -0.1) is 0 Å². The number of carbonyl (C=O) groups excluding carboxylic acids is 4. The lowest BCUT2D eigenvalue weighted by molar-refractivity contribution is -0.228. The van der Waals surface area contributed by atoms with Crippen molar-refractivity contribution in [1.29, 1.82) is 0 Å². The molecule has 2 spiro atoms. The van der Waals surface area contributed by atoms with Crippen molar-refractivity contribution in [3.05, 3.63) is 70.8 Å². The molecule has 10 rings (SSSR count). The van der Waals surface area contributed by atoms with Crippen molar-refractivity contribution in [3.63, 3.8) is 0 Å². The molecule has 5 aliphatic heterocycles. The van der Waals surface area contributed by atoms with Crippen LogP contribution in [0, 0.1) is 22.7 Å². The first-order valence-corrected chi connectivity index (χ1v) is 16.4. The molecule has 2 aromatic carbocycles. The maximum Gasteiger partial charge on any atom is 0.337 e. The van der Waals surface area contributed by atoms with Gasteiger partial charge in [-0.1, -0.05) is 36.4 Å². The van der Waals surface area contributed by atoms with E-state index < -0.39 is 64.7 Å². The van der Waals surface area contributed by atoms with Crippen LogP contribution in [0.1, 0.15) is 29.4 Å². The van der Waals surface area contributed by atoms with Crippen molar-refractivity contribution < 1.29 is 57.1 Å². The van der Waals surface area contributed by atoms with Gasteiger partial charge >= 0.3 is 23.9 Å². The second-order valence-corrected chi connectivity index (χ2v) is 14.1. The topological polar surface area (TPSA) is 142 Å². The van der Waals surface area contributed by atoms with Gasteiger partial charge in [-0.25, -0.2) is 9.59 Å². The molecule has 5 heterocycles. The zero-order valence-corrected chi connectivity index (χ0v) is 27.1. The van der Waals surface area contributed by atoms with Crippen molar-refractivity contribution in [2.75, 3.05) is 41.7 Å². The van der Waals surface area contributed by atoms with Crippen molar-refractivity contribution in [2.24, 2.45) is 22.7 Å². The fourth-order valence-electron chi connectivity index (χ4n) is 11.7. The molecule has 12 nitrogen and oxygen atoms in total. The lowest BCUT2D eigenvalue weighted by atomic mass is 9.30. The predicted molar refractivity (Wildman–Crippen MR) is 165 cm³/mol. The van der Waals surface area contributed by atoms with Gasteiger partial charge in [0.25, 0.3) is 0 Å². The van der Waals surface area contributed by atoms with E-state index in [1.54, 1.807) is 26.4 Å². The van der Waals surface area contributed by atoms with E-state index in [4.69, 9.17) is 37.9 Å². The van der Waals surface area contributed by atoms with Crippen LogP contribution in [0.25, 0.3) is 10.8 Å². The zero-order valence-electron chi connectivity index (χ0n) is 27.1. The molecule has 2 aromatic rings. The molecule has 2 saturated heterocycles. The van der Waals surface area contributed by atoms with Gasteiger partial charge in [-0.3, -0.25) is 9.59 Å². The molecule has 10 atom stereocenters. The minimum atomic E-state index is -1.58. The Labute approximate surface area is 279 Å². The number of rotatable bonds is 7. The van der Waals surface area contributed by atoms with Crippen LogP contribution in [0.15, 0.2) is 59.7 Å². The monoisotopic (exact) mass is 668 g/mol. The molecule has 8 aliphatic rings. The highest BCUT2D eigenvalue weighted by molar-refractivity contribution is 6.05. The second-order valence-electron chi connectivity index (χ2n) is 14.1. The number of ether oxygens (including phenoxy) is 8. The maximum atomic E-state index is 15.1. The summed E-state index contributed by atoms with van der Waals surface area (Å²) in [6.07, 6.45) is 6.02. The van der Waals surface area contributed by atoms with Crippen LogP contribution in [-0.2, 0) is 47.6 Å². The standard InChI is InChI=1S/C37H32O12/c1-42-28-16-7-5-6-8-17(16)29(43-2)23-19-13-18(22(23)28)25-26(19)37-33(41)47-15-35(37)12-10-21(49-35)36(25,37)32(40)46-14-34-11-9-20(48-34)24(30(38)44-3)27(34)31(39)45-4/h5-12,18-21,25-26H,13-15H2,1-4H3/t18-,19+,20?,21?,25-,26+,34?,35?,36+,37-/m1/s1. The van der Waals surface area contributed by atoms with Gasteiger partial charge in [0.2, 0.25) is 0 Å². The molecule has 2 saturated carbocycles.